The maximum absolute atomic E-state index is 13.2. The van der Waals surface area contributed by atoms with Gasteiger partial charge in [-0.25, -0.2) is 4.39 Å². The van der Waals surface area contributed by atoms with Gasteiger partial charge in [-0.2, -0.15) is 0 Å². The Hall–Kier alpha value is -3.05. The predicted molar refractivity (Wildman–Crippen MR) is 123 cm³/mol. The summed E-state index contributed by atoms with van der Waals surface area (Å²) in [6, 6.07) is 24.6. The van der Waals surface area contributed by atoms with Gasteiger partial charge in [0.15, 0.2) is 11.5 Å². The van der Waals surface area contributed by atoms with E-state index in [2.05, 4.69) is 45.5 Å². The third-order valence-electron chi connectivity index (χ3n) is 4.93. The Morgan fingerprint density at radius 3 is 2.47 bits per heavy atom. The van der Waals surface area contributed by atoms with E-state index in [4.69, 9.17) is 9.47 Å². The smallest absolute Gasteiger partial charge is 0.167 e. The summed E-state index contributed by atoms with van der Waals surface area (Å²) in [5, 5.41) is 5.87. The quantitative estimate of drug-likeness (QED) is 0.320. The van der Waals surface area contributed by atoms with Crippen molar-refractivity contribution in [3.05, 3.63) is 100 Å². The molecule has 0 aromatic heterocycles. The summed E-state index contributed by atoms with van der Waals surface area (Å²) in [6.45, 7) is 0.860. The van der Waals surface area contributed by atoms with Crippen molar-refractivity contribution < 1.29 is 13.9 Å². The molecule has 0 radical (unpaired) electrons. The zero-order valence-electron chi connectivity index (χ0n) is 16.5. The molecular formula is C25H21BrFNO2. The minimum absolute atomic E-state index is 0.265. The fraction of sp³-hybridized carbons (Fsp3) is 0.120. The second-order valence-electron chi connectivity index (χ2n) is 6.85. The van der Waals surface area contributed by atoms with Crippen molar-refractivity contribution in [3.63, 3.8) is 0 Å². The number of methoxy groups -OCH3 is 1. The van der Waals surface area contributed by atoms with Crippen molar-refractivity contribution in [1.82, 2.24) is 0 Å². The topological polar surface area (TPSA) is 30.5 Å². The molecule has 0 aliphatic rings. The Morgan fingerprint density at radius 2 is 1.67 bits per heavy atom. The van der Waals surface area contributed by atoms with E-state index >= 15 is 0 Å². The summed E-state index contributed by atoms with van der Waals surface area (Å²) in [4.78, 5) is 0. The number of rotatable bonds is 7. The highest BCUT2D eigenvalue weighted by molar-refractivity contribution is 9.10. The Morgan fingerprint density at radius 1 is 0.900 bits per heavy atom. The molecule has 0 heterocycles. The summed E-state index contributed by atoms with van der Waals surface area (Å²) in [5.41, 5.74) is 2.88. The number of anilines is 1. The third-order valence-corrected chi connectivity index (χ3v) is 5.67. The van der Waals surface area contributed by atoms with Gasteiger partial charge in [-0.05, 0) is 41.3 Å². The van der Waals surface area contributed by atoms with E-state index in [9.17, 15) is 4.39 Å². The first-order valence-corrected chi connectivity index (χ1v) is 10.4. The predicted octanol–water partition coefficient (Wildman–Crippen LogP) is 6.94. The van der Waals surface area contributed by atoms with Gasteiger partial charge in [0.2, 0.25) is 0 Å². The van der Waals surface area contributed by atoms with Crippen LogP contribution in [0.1, 0.15) is 11.1 Å². The van der Waals surface area contributed by atoms with Gasteiger partial charge in [0.1, 0.15) is 12.4 Å². The first-order valence-electron chi connectivity index (χ1n) is 9.60. The monoisotopic (exact) mass is 465 g/mol. The first kappa shape index (κ1) is 20.2. The standard InChI is InChI=1S/C25H21BrFNO2/c1-29-24-14-13-22(26)21(25(24)30-16-17-9-11-19(27)12-10-17)15-28-23-8-4-6-18-5-2-3-7-20(18)23/h2-14,28H,15-16H2,1H3. The molecule has 0 unspecified atom stereocenters. The Bertz CT molecular complexity index is 1160. The van der Waals surface area contributed by atoms with Crippen LogP contribution in [-0.4, -0.2) is 7.11 Å². The Labute approximate surface area is 183 Å². The third kappa shape index (κ3) is 4.41. The molecule has 0 saturated heterocycles. The summed E-state index contributed by atoms with van der Waals surface area (Å²) >= 11 is 3.64. The molecule has 0 spiro atoms. The van der Waals surface area contributed by atoms with Gasteiger partial charge in [0.25, 0.3) is 0 Å². The van der Waals surface area contributed by atoms with Crippen LogP contribution < -0.4 is 14.8 Å². The van der Waals surface area contributed by atoms with Crippen molar-refractivity contribution in [2.75, 3.05) is 12.4 Å². The maximum Gasteiger partial charge on any atom is 0.167 e. The Balaban J connectivity index is 1.61. The van der Waals surface area contributed by atoms with Crippen molar-refractivity contribution in [1.29, 1.82) is 0 Å². The fourth-order valence-electron chi connectivity index (χ4n) is 3.37. The van der Waals surface area contributed by atoms with E-state index < -0.39 is 0 Å². The van der Waals surface area contributed by atoms with E-state index in [-0.39, 0.29) is 5.82 Å². The van der Waals surface area contributed by atoms with Crippen LogP contribution >= 0.6 is 15.9 Å². The summed E-state index contributed by atoms with van der Waals surface area (Å²) in [5.74, 6) is 1.04. The van der Waals surface area contributed by atoms with Crippen LogP contribution in [0.25, 0.3) is 10.8 Å². The molecule has 4 rings (SSSR count). The molecule has 0 amide bonds. The van der Waals surface area contributed by atoms with E-state index in [1.807, 2.05) is 30.3 Å². The number of benzene rings is 4. The molecule has 3 nitrogen and oxygen atoms in total. The molecule has 0 bridgehead atoms. The highest BCUT2D eigenvalue weighted by Gasteiger charge is 2.15. The van der Waals surface area contributed by atoms with Crippen LogP contribution in [-0.2, 0) is 13.2 Å². The lowest BCUT2D eigenvalue weighted by atomic mass is 10.1. The number of halogens is 2. The fourth-order valence-corrected chi connectivity index (χ4v) is 3.82. The lowest BCUT2D eigenvalue weighted by Gasteiger charge is -2.18. The van der Waals surface area contributed by atoms with Crippen molar-refractivity contribution in [2.45, 2.75) is 13.2 Å². The second-order valence-corrected chi connectivity index (χ2v) is 7.71. The number of nitrogens with one attached hydrogen (secondary N) is 1. The number of hydrogen-bond acceptors (Lipinski definition) is 3. The molecule has 0 aliphatic carbocycles. The molecule has 0 fully saturated rings. The van der Waals surface area contributed by atoms with E-state index in [0.717, 1.165) is 26.7 Å². The minimum Gasteiger partial charge on any atom is -0.493 e. The lowest BCUT2D eigenvalue weighted by molar-refractivity contribution is 0.281. The highest BCUT2D eigenvalue weighted by Crippen LogP contribution is 2.37. The van der Waals surface area contributed by atoms with E-state index in [1.165, 1.54) is 17.5 Å². The zero-order chi connectivity index (χ0) is 20.9. The number of hydrogen-bond donors (Lipinski definition) is 1. The van der Waals surface area contributed by atoms with Crippen molar-refractivity contribution >= 4 is 32.4 Å². The van der Waals surface area contributed by atoms with Gasteiger partial charge in [-0.1, -0.05) is 64.5 Å². The van der Waals surface area contributed by atoms with Crippen LogP contribution in [0.4, 0.5) is 10.1 Å². The van der Waals surface area contributed by atoms with Crippen molar-refractivity contribution in [3.8, 4) is 11.5 Å². The second kappa shape index (κ2) is 9.18. The SMILES string of the molecule is COc1ccc(Br)c(CNc2cccc3ccccc23)c1OCc1ccc(F)cc1. The minimum atomic E-state index is -0.265. The maximum atomic E-state index is 13.2. The molecule has 0 atom stereocenters. The molecule has 1 N–H and O–H groups in total. The summed E-state index contributed by atoms with van der Waals surface area (Å²) < 4.78 is 25.8. The lowest BCUT2D eigenvalue weighted by Crippen LogP contribution is -2.06. The average Bonchev–Trinajstić information content (AvgIpc) is 2.78. The normalized spacial score (nSPS) is 10.8. The van der Waals surface area contributed by atoms with Crippen LogP contribution in [0.2, 0.25) is 0 Å². The zero-order valence-corrected chi connectivity index (χ0v) is 18.1. The van der Waals surface area contributed by atoms with Crippen LogP contribution in [0, 0.1) is 5.82 Å². The van der Waals surface area contributed by atoms with Crippen molar-refractivity contribution in [2.24, 2.45) is 0 Å². The van der Waals surface area contributed by atoms with Gasteiger partial charge < -0.3 is 14.8 Å². The molecule has 0 aliphatic heterocycles. The Kier molecular flexibility index (Phi) is 6.19. The largest absolute Gasteiger partial charge is 0.493 e. The molecule has 30 heavy (non-hydrogen) atoms. The van der Waals surface area contributed by atoms with Crippen LogP contribution in [0.5, 0.6) is 11.5 Å². The summed E-state index contributed by atoms with van der Waals surface area (Å²) in [7, 11) is 1.62. The van der Waals surface area contributed by atoms with Gasteiger partial charge in [0.05, 0.1) is 7.11 Å². The van der Waals surface area contributed by atoms with E-state index in [1.54, 1.807) is 19.2 Å². The molecule has 0 saturated carbocycles. The van der Waals surface area contributed by atoms with Gasteiger partial charge >= 0.3 is 0 Å². The molecule has 5 heteroatoms. The average molecular weight is 466 g/mol. The van der Waals surface area contributed by atoms with Gasteiger partial charge in [-0.3, -0.25) is 0 Å². The van der Waals surface area contributed by atoms with E-state index in [0.29, 0.717) is 24.7 Å². The summed E-state index contributed by atoms with van der Waals surface area (Å²) in [6.07, 6.45) is 0. The highest BCUT2D eigenvalue weighted by atomic mass is 79.9. The first-order chi connectivity index (χ1) is 14.7. The van der Waals surface area contributed by atoms with Gasteiger partial charge in [-0.15, -0.1) is 0 Å². The number of ether oxygens (including phenoxy) is 2. The van der Waals surface area contributed by atoms with Crippen LogP contribution in [0.3, 0.4) is 0 Å². The molecular weight excluding hydrogens is 445 g/mol. The number of fused-ring (bicyclic) bond motifs is 1. The molecule has 4 aromatic carbocycles. The van der Waals surface area contributed by atoms with Gasteiger partial charge in [0, 0.05) is 27.7 Å². The molecule has 4 aromatic rings. The molecule has 152 valence electrons. The van der Waals surface area contributed by atoms with Crippen LogP contribution in [0.15, 0.2) is 83.3 Å².